The topological polar surface area (TPSA) is 94.5 Å². The zero-order chi connectivity index (χ0) is 10.7. The lowest BCUT2D eigenvalue weighted by Gasteiger charge is -2.01. The Balaban J connectivity index is 2.21. The van der Waals surface area contributed by atoms with Gasteiger partial charge in [0, 0.05) is 13.1 Å². The molecule has 0 spiro atoms. The van der Waals surface area contributed by atoms with Gasteiger partial charge in [0.25, 0.3) is 0 Å². The van der Waals surface area contributed by atoms with Gasteiger partial charge in [0.05, 0.1) is 0 Å². The van der Waals surface area contributed by atoms with E-state index in [4.69, 9.17) is 5.84 Å². The molecule has 2 aromatic heterocycles. The van der Waals surface area contributed by atoms with Crippen molar-refractivity contribution in [1.29, 1.82) is 0 Å². The molecule has 0 amide bonds. The summed E-state index contributed by atoms with van der Waals surface area (Å²) in [5, 5.41) is 9.22. The average molecular weight is 223 g/mol. The van der Waals surface area contributed by atoms with Crippen molar-refractivity contribution < 1.29 is 0 Å². The number of nitrogens with one attached hydrogen (secondary N) is 1. The quantitative estimate of drug-likeness (QED) is 0.431. The van der Waals surface area contributed by atoms with Crippen molar-refractivity contribution in [2.24, 2.45) is 12.9 Å². The van der Waals surface area contributed by atoms with E-state index in [1.807, 2.05) is 11.6 Å². The smallest absolute Gasteiger partial charge is 0.197 e. The molecule has 7 nitrogen and oxygen atoms in total. The maximum atomic E-state index is 5.24. The van der Waals surface area contributed by atoms with Crippen LogP contribution in [0.3, 0.4) is 0 Å². The molecule has 2 aromatic rings. The summed E-state index contributed by atoms with van der Waals surface area (Å²) in [7, 11) is 1.87. The van der Waals surface area contributed by atoms with Crippen LogP contribution in [0.15, 0.2) is 28.9 Å². The summed E-state index contributed by atoms with van der Waals surface area (Å²) in [6.07, 6.45) is 3.07. The molecule has 0 aliphatic rings. The van der Waals surface area contributed by atoms with Crippen LogP contribution in [0.25, 0.3) is 0 Å². The zero-order valence-electron chi connectivity index (χ0n) is 7.95. The molecule has 3 N–H and O–H groups in total. The van der Waals surface area contributed by atoms with Crippen molar-refractivity contribution in [1.82, 2.24) is 24.7 Å². The molecule has 0 aromatic carbocycles. The Morgan fingerprint density at radius 2 is 2.33 bits per heavy atom. The van der Waals surface area contributed by atoms with E-state index in [0.717, 1.165) is 10.2 Å². The predicted molar refractivity (Wildman–Crippen MR) is 55.0 cm³/mol. The van der Waals surface area contributed by atoms with Crippen molar-refractivity contribution in [2.45, 2.75) is 10.2 Å². The van der Waals surface area contributed by atoms with Gasteiger partial charge in [-0.1, -0.05) is 0 Å². The SMILES string of the molecule is Cn1cnnc1Sc1cc(NN)ncn1. The fourth-order valence-corrected chi connectivity index (χ4v) is 1.67. The molecule has 0 aliphatic heterocycles. The highest BCUT2D eigenvalue weighted by atomic mass is 32.2. The number of hydrazine groups is 1. The van der Waals surface area contributed by atoms with Gasteiger partial charge < -0.3 is 9.99 Å². The van der Waals surface area contributed by atoms with E-state index < -0.39 is 0 Å². The van der Waals surface area contributed by atoms with Crippen molar-refractivity contribution >= 4 is 17.6 Å². The molecule has 0 saturated carbocycles. The Labute approximate surface area is 90.1 Å². The lowest BCUT2D eigenvalue weighted by Crippen LogP contribution is -2.08. The van der Waals surface area contributed by atoms with Crippen molar-refractivity contribution in [3.8, 4) is 0 Å². The van der Waals surface area contributed by atoms with Crippen LogP contribution in [0.1, 0.15) is 0 Å². The third-order valence-corrected chi connectivity index (χ3v) is 2.64. The first-order valence-electron chi connectivity index (χ1n) is 4.10. The van der Waals surface area contributed by atoms with Gasteiger partial charge in [-0.15, -0.1) is 10.2 Å². The fraction of sp³-hybridized carbons (Fsp3) is 0.143. The van der Waals surface area contributed by atoms with E-state index in [2.05, 4.69) is 25.6 Å². The van der Waals surface area contributed by atoms with Gasteiger partial charge >= 0.3 is 0 Å². The summed E-state index contributed by atoms with van der Waals surface area (Å²) >= 11 is 1.39. The third-order valence-electron chi connectivity index (χ3n) is 1.66. The molecule has 2 heterocycles. The minimum Gasteiger partial charge on any atom is -0.311 e. The summed E-state index contributed by atoms with van der Waals surface area (Å²) < 4.78 is 1.81. The summed E-state index contributed by atoms with van der Waals surface area (Å²) in [4.78, 5) is 7.98. The Morgan fingerprint density at radius 1 is 1.47 bits per heavy atom. The largest absolute Gasteiger partial charge is 0.311 e. The highest BCUT2D eigenvalue weighted by Crippen LogP contribution is 2.23. The second-order valence-corrected chi connectivity index (χ2v) is 3.70. The van der Waals surface area contributed by atoms with Crippen LogP contribution in [-0.4, -0.2) is 24.7 Å². The van der Waals surface area contributed by atoms with E-state index in [1.54, 1.807) is 12.4 Å². The van der Waals surface area contributed by atoms with Gasteiger partial charge in [0.15, 0.2) is 5.16 Å². The normalized spacial score (nSPS) is 10.3. The van der Waals surface area contributed by atoms with Crippen LogP contribution in [0.2, 0.25) is 0 Å². The van der Waals surface area contributed by atoms with Crippen molar-refractivity contribution in [2.75, 3.05) is 5.43 Å². The molecule has 0 fully saturated rings. The summed E-state index contributed by atoms with van der Waals surface area (Å²) in [6.45, 7) is 0. The molecule has 15 heavy (non-hydrogen) atoms. The lowest BCUT2D eigenvalue weighted by atomic mass is 10.6. The number of hydrogen-bond acceptors (Lipinski definition) is 7. The van der Waals surface area contributed by atoms with Gasteiger partial charge in [-0.2, -0.15) is 0 Å². The first kappa shape index (κ1) is 9.87. The van der Waals surface area contributed by atoms with Crippen LogP contribution < -0.4 is 11.3 Å². The summed E-state index contributed by atoms with van der Waals surface area (Å²) in [5.41, 5.74) is 2.45. The highest BCUT2D eigenvalue weighted by Gasteiger charge is 2.05. The van der Waals surface area contributed by atoms with Crippen LogP contribution >= 0.6 is 11.8 Å². The van der Waals surface area contributed by atoms with Gasteiger partial charge in [-0.05, 0) is 11.8 Å². The van der Waals surface area contributed by atoms with Crippen molar-refractivity contribution in [3.05, 3.63) is 18.7 Å². The number of aryl methyl sites for hydroxylation is 1. The van der Waals surface area contributed by atoms with Gasteiger partial charge in [0.1, 0.15) is 23.5 Å². The lowest BCUT2D eigenvalue weighted by molar-refractivity contribution is 0.787. The van der Waals surface area contributed by atoms with Gasteiger partial charge in [-0.3, -0.25) is 0 Å². The first-order valence-corrected chi connectivity index (χ1v) is 4.92. The summed E-state index contributed by atoms with van der Waals surface area (Å²) in [6, 6.07) is 1.74. The Kier molecular flexibility index (Phi) is 2.79. The predicted octanol–water partition coefficient (Wildman–Crippen LogP) is 0.0419. The molecule has 0 saturated heterocycles. The van der Waals surface area contributed by atoms with E-state index in [-0.39, 0.29) is 0 Å². The van der Waals surface area contributed by atoms with Gasteiger partial charge in [0.2, 0.25) is 0 Å². The number of anilines is 1. The highest BCUT2D eigenvalue weighted by molar-refractivity contribution is 7.99. The molecule has 0 bridgehead atoms. The Hall–Kier alpha value is -1.67. The van der Waals surface area contributed by atoms with E-state index in [1.165, 1.54) is 18.1 Å². The van der Waals surface area contributed by atoms with Crippen molar-refractivity contribution in [3.63, 3.8) is 0 Å². The first-order chi connectivity index (χ1) is 7.29. The molecule has 0 atom stereocenters. The maximum Gasteiger partial charge on any atom is 0.197 e. The van der Waals surface area contributed by atoms with Crippen LogP contribution in [0.5, 0.6) is 0 Å². The molecule has 0 radical (unpaired) electrons. The minimum atomic E-state index is 0.565. The number of rotatable bonds is 3. The number of aromatic nitrogens is 5. The van der Waals surface area contributed by atoms with E-state index in [0.29, 0.717) is 5.82 Å². The zero-order valence-corrected chi connectivity index (χ0v) is 8.77. The standard InChI is InChI=1S/C7H9N7S/c1-14-4-11-13-7(14)15-6-2-5(12-8)9-3-10-6/h2-4H,8H2,1H3,(H,9,10,12). The molecular weight excluding hydrogens is 214 g/mol. The Morgan fingerprint density at radius 3 is 3.00 bits per heavy atom. The van der Waals surface area contributed by atoms with E-state index >= 15 is 0 Å². The molecule has 8 heteroatoms. The number of nitrogens with two attached hydrogens (primary N) is 1. The second kappa shape index (κ2) is 4.24. The fourth-order valence-electron chi connectivity index (χ4n) is 0.933. The Bertz CT molecular complexity index is 454. The number of nitrogens with zero attached hydrogens (tertiary/aromatic N) is 5. The number of hydrogen-bond donors (Lipinski definition) is 2. The molecular formula is C7H9N7S. The molecule has 0 unspecified atom stereocenters. The monoisotopic (exact) mass is 223 g/mol. The summed E-state index contributed by atoms with van der Waals surface area (Å²) in [5.74, 6) is 5.80. The van der Waals surface area contributed by atoms with Crippen LogP contribution in [0.4, 0.5) is 5.82 Å². The second-order valence-electron chi connectivity index (χ2n) is 2.71. The maximum absolute atomic E-state index is 5.24. The average Bonchev–Trinajstić information content (AvgIpc) is 2.65. The van der Waals surface area contributed by atoms with Gasteiger partial charge in [-0.25, -0.2) is 15.8 Å². The molecule has 2 rings (SSSR count). The van der Waals surface area contributed by atoms with Crippen LogP contribution in [0, 0.1) is 0 Å². The van der Waals surface area contributed by atoms with E-state index in [9.17, 15) is 0 Å². The van der Waals surface area contributed by atoms with Crippen LogP contribution in [-0.2, 0) is 7.05 Å². The molecule has 0 aliphatic carbocycles. The minimum absolute atomic E-state index is 0.565. The molecule has 78 valence electrons. The third kappa shape index (κ3) is 2.22. The number of nitrogen functional groups attached to an aromatic ring is 1.